The van der Waals surface area contributed by atoms with Crippen molar-refractivity contribution in [3.63, 3.8) is 0 Å². The van der Waals surface area contributed by atoms with Crippen LogP contribution in [0.3, 0.4) is 0 Å². The van der Waals surface area contributed by atoms with E-state index in [1.165, 1.54) is 0 Å². The molecule has 0 saturated carbocycles. The van der Waals surface area contributed by atoms with Crippen molar-refractivity contribution >= 4 is 34.5 Å². The molecule has 0 radical (unpaired) electrons. The summed E-state index contributed by atoms with van der Waals surface area (Å²) >= 11 is 2.09. The van der Waals surface area contributed by atoms with E-state index in [9.17, 15) is 4.79 Å². The Bertz CT molecular complexity index is 888. The highest BCUT2D eigenvalue weighted by Crippen LogP contribution is 2.17. The molecule has 0 unspecified atom stereocenters. The average molecular weight is 407 g/mol. The minimum absolute atomic E-state index is 0.149. The maximum Gasteiger partial charge on any atom is 0.297 e. The molecule has 3 rings (SSSR count). The molecule has 112 valence electrons. The summed E-state index contributed by atoms with van der Waals surface area (Å²) in [4.78, 5) is 17.0. The van der Waals surface area contributed by atoms with E-state index in [4.69, 9.17) is 4.42 Å². The molecular formula is C16H14IN3O2. The average Bonchev–Trinajstić information content (AvgIpc) is 3.02. The van der Waals surface area contributed by atoms with Crippen molar-refractivity contribution in [1.29, 1.82) is 0 Å². The van der Waals surface area contributed by atoms with Crippen LogP contribution in [0.2, 0.25) is 0 Å². The first-order valence-corrected chi connectivity index (χ1v) is 7.79. The molecule has 22 heavy (non-hydrogen) atoms. The van der Waals surface area contributed by atoms with Crippen LogP contribution in [0, 0.1) is 10.7 Å². The molecule has 0 atom stereocenters. The van der Waals surface area contributed by atoms with Crippen LogP contribution >= 0.6 is 22.6 Å². The fourth-order valence-corrected chi connectivity index (χ4v) is 2.66. The van der Waals surface area contributed by atoms with E-state index in [1.807, 2.05) is 56.4 Å². The summed E-state index contributed by atoms with van der Waals surface area (Å²) in [6.45, 7) is 1.87. The number of halogens is 1. The van der Waals surface area contributed by atoms with Gasteiger partial charge in [0.25, 0.3) is 5.56 Å². The molecule has 0 aliphatic carbocycles. The molecule has 0 fully saturated rings. The van der Waals surface area contributed by atoms with Gasteiger partial charge in [-0.15, -0.1) is 0 Å². The van der Waals surface area contributed by atoms with E-state index in [0.717, 1.165) is 15.1 Å². The summed E-state index contributed by atoms with van der Waals surface area (Å²) < 4.78 is 9.62. The minimum Gasteiger partial charge on any atom is -0.449 e. The van der Waals surface area contributed by atoms with E-state index >= 15 is 0 Å². The zero-order valence-electron chi connectivity index (χ0n) is 12.2. The Balaban J connectivity index is 2.07. The number of aliphatic imine (C=N–C) groups is 1. The molecule has 6 heteroatoms. The summed E-state index contributed by atoms with van der Waals surface area (Å²) in [6, 6.07) is 13.2. The van der Waals surface area contributed by atoms with E-state index in [1.54, 1.807) is 15.6 Å². The standard InChI is InChI=1S/C16H14IN3O2/c1-11-15(18-10-13-8-9-14(17)22-13)16(21)20(19(11)2)12-6-4-3-5-7-12/h3-10H,1-2H3. The van der Waals surface area contributed by atoms with Crippen molar-refractivity contribution in [2.75, 3.05) is 0 Å². The molecule has 0 amide bonds. The van der Waals surface area contributed by atoms with Gasteiger partial charge < -0.3 is 4.42 Å². The van der Waals surface area contributed by atoms with Crippen LogP contribution in [0.4, 0.5) is 5.69 Å². The van der Waals surface area contributed by atoms with Gasteiger partial charge in [-0.1, -0.05) is 18.2 Å². The Labute approximate surface area is 141 Å². The second-order valence-electron chi connectivity index (χ2n) is 4.81. The van der Waals surface area contributed by atoms with Crippen molar-refractivity contribution in [1.82, 2.24) is 9.36 Å². The van der Waals surface area contributed by atoms with Crippen LogP contribution in [0.5, 0.6) is 0 Å². The van der Waals surface area contributed by atoms with Gasteiger partial charge in [-0.05, 0) is 53.8 Å². The third kappa shape index (κ3) is 2.66. The van der Waals surface area contributed by atoms with E-state index < -0.39 is 0 Å². The maximum absolute atomic E-state index is 12.6. The number of furan rings is 1. The van der Waals surface area contributed by atoms with Crippen LogP contribution in [0.25, 0.3) is 5.69 Å². The number of hydrogen-bond donors (Lipinski definition) is 0. The summed E-state index contributed by atoms with van der Waals surface area (Å²) in [5.74, 6) is 0.623. The van der Waals surface area contributed by atoms with Crippen LogP contribution in [-0.4, -0.2) is 15.6 Å². The lowest BCUT2D eigenvalue weighted by Gasteiger charge is -2.07. The van der Waals surface area contributed by atoms with Gasteiger partial charge in [-0.25, -0.2) is 9.67 Å². The predicted molar refractivity (Wildman–Crippen MR) is 94.4 cm³/mol. The highest BCUT2D eigenvalue weighted by atomic mass is 127. The second-order valence-corrected chi connectivity index (χ2v) is 5.87. The Kier molecular flexibility index (Phi) is 4.02. The Morgan fingerprint density at radius 3 is 2.55 bits per heavy atom. The van der Waals surface area contributed by atoms with Gasteiger partial charge in [0.1, 0.15) is 5.76 Å². The fourth-order valence-electron chi connectivity index (χ4n) is 2.23. The van der Waals surface area contributed by atoms with Crippen LogP contribution in [0.1, 0.15) is 11.5 Å². The largest absolute Gasteiger partial charge is 0.449 e. The lowest BCUT2D eigenvalue weighted by Crippen LogP contribution is -2.19. The van der Waals surface area contributed by atoms with Crippen molar-refractivity contribution in [3.05, 3.63) is 68.0 Å². The van der Waals surface area contributed by atoms with Gasteiger partial charge in [-0.3, -0.25) is 9.48 Å². The van der Waals surface area contributed by atoms with Crippen molar-refractivity contribution in [2.45, 2.75) is 6.92 Å². The van der Waals surface area contributed by atoms with Crippen LogP contribution in [-0.2, 0) is 7.05 Å². The molecule has 0 aliphatic rings. The highest BCUT2D eigenvalue weighted by molar-refractivity contribution is 14.1. The maximum atomic E-state index is 12.6. The van der Waals surface area contributed by atoms with Crippen LogP contribution < -0.4 is 5.56 Å². The van der Waals surface area contributed by atoms with Gasteiger partial charge in [0.15, 0.2) is 9.45 Å². The number of para-hydroxylation sites is 1. The molecule has 1 aromatic carbocycles. The zero-order valence-corrected chi connectivity index (χ0v) is 14.3. The SMILES string of the molecule is Cc1c(N=Cc2ccc(I)o2)c(=O)n(-c2ccccc2)n1C. The molecule has 2 heterocycles. The van der Waals surface area contributed by atoms with Crippen molar-refractivity contribution < 1.29 is 4.42 Å². The molecule has 2 aromatic heterocycles. The molecule has 0 N–H and O–H groups in total. The highest BCUT2D eigenvalue weighted by Gasteiger charge is 2.14. The fraction of sp³-hybridized carbons (Fsp3) is 0.125. The first-order chi connectivity index (χ1) is 10.6. The van der Waals surface area contributed by atoms with Gasteiger partial charge in [-0.2, -0.15) is 0 Å². The molecule has 0 saturated heterocycles. The summed E-state index contributed by atoms with van der Waals surface area (Å²) in [5.41, 5.74) is 1.87. The molecule has 0 aliphatic heterocycles. The summed E-state index contributed by atoms with van der Waals surface area (Å²) in [6.07, 6.45) is 1.57. The lowest BCUT2D eigenvalue weighted by atomic mass is 10.3. The first-order valence-electron chi connectivity index (χ1n) is 6.71. The Hall–Kier alpha value is -2.09. The topological polar surface area (TPSA) is 52.4 Å². The smallest absolute Gasteiger partial charge is 0.297 e. The van der Waals surface area contributed by atoms with Crippen LogP contribution in [0.15, 0.2) is 56.7 Å². The van der Waals surface area contributed by atoms with Crippen molar-refractivity contribution in [2.24, 2.45) is 12.0 Å². The van der Waals surface area contributed by atoms with E-state index in [0.29, 0.717) is 11.4 Å². The third-order valence-corrected chi connectivity index (χ3v) is 4.02. The molecule has 5 nitrogen and oxygen atoms in total. The zero-order chi connectivity index (χ0) is 15.7. The Morgan fingerprint density at radius 1 is 1.18 bits per heavy atom. The summed E-state index contributed by atoms with van der Waals surface area (Å²) in [5, 5.41) is 0. The predicted octanol–water partition coefficient (Wildman–Crippen LogP) is 3.43. The van der Waals surface area contributed by atoms with Gasteiger partial charge in [0.05, 0.1) is 17.6 Å². The molecule has 3 aromatic rings. The van der Waals surface area contributed by atoms with E-state index in [2.05, 4.69) is 27.6 Å². The van der Waals surface area contributed by atoms with Gasteiger partial charge in [0, 0.05) is 7.05 Å². The Morgan fingerprint density at radius 2 is 1.91 bits per heavy atom. The summed E-state index contributed by atoms with van der Waals surface area (Å²) in [7, 11) is 1.85. The quantitative estimate of drug-likeness (QED) is 0.494. The lowest BCUT2D eigenvalue weighted by molar-refractivity contribution is 0.531. The van der Waals surface area contributed by atoms with Gasteiger partial charge in [0.2, 0.25) is 0 Å². The molecular weight excluding hydrogens is 393 g/mol. The van der Waals surface area contributed by atoms with Crippen molar-refractivity contribution in [3.8, 4) is 5.69 Å². The number of rotatable bonds is 3. The second kappa shape index (κ2) is 5.96. The minimum atomic E-state index is -0.149. The number of aromatic nitrogens is 2. The molecule has 0 bridgehead atoms. The normalized spacial score (nSPS) is 11.4. The van der Waals surface area contributed by atoms with E-state index in [-0.39, 0.29) is 5.56 Å². The number of hydrogen-bond acceptors (Lipinski definition) is 3. The monoisotopic (exact) mass is 407 g/mol. The first kappa shape index (κ1) is 14.8. The van der Waals surface area contributed by atoms with Gasteiger partial charge >= 0.3 is 0 Å². The number of benzene rings is 1. The number of nitrogens with zero attached hydrogens (tertiary/aromatic N) is 3. The third-order valence-electron chi connectivity index (χ3n) is 3.44. The molecule has 0 spiro atoms.